The number of hydrogen-bond acceptors (Lipinski definition) is 6. The van der Waals surface area contributed by atoms with Crippen molar-refractivity contribution in [3.8, 4) is 0 Å². The molecule has 240 valence electrons. The Kier molecular flexibility index (Phi) is 11.6. The summed E-state index contributed by atoms with van der Waals surface area (Å²) in [5.74, 6) is -3.43. The summed E-state index contributed by atoms with van der Waals surface area (Å²) in [4.78, 5) is 70.0. The zero-order chi connectivity index (χ0) is 33.2. The number of nitrogens with zero attached hydrogens (tertiary/aromatic N) is 2. The van der Waals surface area contributed by atoms with Gasteiger partial charge in [0.05, 0.1) is 11.8 Å². The third-order valence-corrected chi connectivity index (χ3v) is 7.61. The Morgan fingerprint density at radius 3 is 1.93 bits per heavy atom. The molecule has 0 saturated heterocycles. The highest BCUT2D eigenvalue weighted by Crippen LogP contribution is 2.30. The Morgan fingerprint density at radius 1 is 0.804 bits per heavy atom. The molecule has 0 fully saturated rings. The van der Waals surface area contributed by atoms with E-state index in [0.717, 1.165) is 11.1 Å². The van der Waals surface area contributed by atoms with Crippen LogP contribution in [-0.4, -0.2) is 64.0 Å². The highest BCUT2D eigenvalue weighted by molar-refractivity contribution is 6.36. The van der Waals surface area contributed by atoms with Crippen LogP contribution < -0.4 is 5.32 Å². The highest BCUT2D eigenvalue weighted by Gasteiger charge is 2.41. The topological polar surface area (TPSA) is 113 Å². The van der Waals surface area contributed by atoms with Crippen molar-refractivity contribution in [3.05, 3.63) is 114 Å². The summed E-state index contributed by atoms with van der Waals surface area (Å²) < 4.78 is 5.13. The number of Topliss-reactive ketones (excluding diaryl/α,β-unsaturated/α-hetero) is 1. The van der Waals surface area contributed by atoms with Gasteiger partial charge in [0.1, 0.15) is 18.6 Å². The summed E-state index contributed by atoms with van der Waals surface area (Å²) in [6, 6.07) is 25.7. The molecule has 3 aromatic rings. The minimum absolute atomic E-state index is 0.0618. The van der Waals surface area contributed by atoms with Crippen molar-refractivity contribution in [1.29, 1.82) is 0 Å². The number of benzene rings is 3. The van der Waals surface area contributed by atoms with Gasteiger partial charge in [-0.2, -0.15) is 0 Å². The summed E-state index contributed by atoms with van der Waals surface area (Å²) in [5, 5.41) is 2.68. The van der Waals surface area contributed by atoms with Crippen LogP contribution in [0, 0.1) is 5.92 Å². The average molecular weight is 624 g/mol. The smallest absolute Gasteiger partial charge is 0.377 e. The molecular weight excluding hydrogens is 582 g/mol. The number of carbonyl (C=O) groups excluding carboxylic acids is 5. The van der Waals surface area contributed by atoms with Gasteiger partial charge in [0, 0.05) is 19.0 Å². The van der Waals surface area contributed by atoms with Crippen molar-refractivity contribution in [2.24, 2.45) is 5.92 Å². The van der Waals surface area contributed by atoms with Gasteiger partial charge in [0.15, 0.2) is 0 Å². The van der Waals surface area contributed by atoms with Crippen LogP contribution in [0.15, 0.2) is 97.2 Å². The second kappa shape index (κ2) is 15.8. The Balaban J connectivity index is 1.62. The lowest BCUT2D eigenvalue weighted by atomic mass is 9.96. The van der Waals surface area contributed by atoms with E-state index in [2.05, 4.69) is 5.32 Å². The SMILES string of the molecule is CC(C)OC(=O)C(=O)[C@H](Cc1ccccc1)NC(=O)CN1C(=O)C(C(C)C)N(C(=O)CCc2ccccc2)C=C1c1ccccc1. The molecule has 1 heterocycles. The second-order valence-electron chi connectivity index (χ2n) is 11.9. The van der Waals surface area contributed by atoms with E-state index in [1.165, 1.54) is 9.80 Å². The van der Waals surface area contributed by atoms with Crippen LogP contribution >= 0.6 is 0 Å². The number of esters is 1. The van der Waals surface area contributed by atoms with Crippen molar-refractivity contribution < 1.29 is 28.7 Å². The molecule has 1 unspecified atom stereocenters. The van der Waals surface area contributed by atoms with Crippen LogP contribution in [-0.2, 0) is 41.6 Å². The van der Waals surface area contributed by atoms with Gasteiger partial charge < -0.3 is 15.0 Å². The second-order valence-corrected chi connectivity index (χ2v) is 11.9. The Morgan fingerprint density at radius 2 is 1.37 bits per heavy atom. The molecule has 3 aromatic carbocycles. The Hall–Kier alpha value is -5.05. The Bertz CT molecular complexity index is 1550. The van der Waals surface area contributed by atoms with Gasteiger partial charge in [-0.15, -0.1) is 0 Å². The van der Waals surface area contributed by atoms with Crippen LogP contribution in [0.2, 0.25) is 0 Å². The average Bonchev–Trinajstić information content (AvgIpc) is 3.04. The van der Waals surface area contributed by atoms with Crippen LogP contribution in [0.1, 0.15) is 50.8 Å². The molecule has 9 nitrogen and oxygen atoms in total. The fraction of sp³-hybridized carbons (Fsp3) is 0.324. The third-order valence-electron chi connectivity index (χ3n) is 7.61. The first-order valence-electron chi connectivity index (χ1n) is 15.6. The van der Waals surface area contributed by atoms with Gasteiger partial charge in [-0.1, -0.05) is 105 Å². The van der Waals surface area contributed by atoms with Gasteiger partial charge in [0.25, 0.3) is 11.7 Å². The molecule has 1 aliphatic heterocycles. The van der Waals surface area contributed by atoms with E-state index < -0.39 is 48.3 Å². The third kappa shape index (κ3) is 8.78. The normalized spacial score (nSPS) is 15.4. The maximum Gasteiger partial charge on any atom is 0.377 e. The minimum atomic E-state index is -1.21. The quantitative estimate of drug-likeness (QED) is 0.221. The molecule has 3 amide bonds. The van der Waals surface area contributed by atoms with E-state index in [1.54, 1.807) is 56.4 Å². The molecule has 0 spiro atoms. The van der Waals surface area contributed by atoms with E-state index in [0.29, 0.717) is 17.7 Å². The number of ether oxygens (including phenoxy) is 1. The number of ketones is 1. The van der Waals surface area contributed by atoms with Crippen LogP contribution in [0.3, 0.4) is 0 Å². The lowest BCUT2D eigenvalue weighted by Gasteiger charge is -2.41. The van der Waals surface area contributed by atoms with Crippen molar-refractivity contribution >= 4 is 35.2 Å². The molecule has 0 saturated carbocycles. The molecule has 4 rings (SSSR count). The van der Waals surface area contributed by atoms with E-state index in [1.807, 2.05) is 68.4 Å². The van der Waals surface area contributed by atoms with Gasteiger partial charge >= 0.3 is 5.97 Å². The van der Waals surface area contributed by atoms with Crippen LogP contribution in [0.5, 0.6) is 0 Å². The number of carbonyl (C=O) groups is 5. The van der Waals surface area contributed by atoms with Crippen molar-refractivity contribution in [2.75, 3.05) is 6.54 Å². The molecule has 0 radical (unpaired) electrons. The first kappa shape index (κ1) is 33.8. The van der Waals surface area contributed by atoms with Crippen molar-refractivity contribution in [3.63, 3.8) is 0 Å². The van der Waals surface area contributed by atoms with Gasteiger partial charge in [-0.3, -0.25) is 24.1 Å². The fourth-order valence-electron chi connectivity index (χ4n) is 5.40. The molecular formula is C37H41N3O6. The standard InChI is InChI=1S/C37H41N3O6/c1-25(2)34-36(44)39(24-32(41)38-30(22-28-16-10-6-11-17-28)35(43)37(45)46-26(3)4)31(29-18-12-7-13-19-29)23-40(34)33(42)21-20-27-14-8-5-9-15-27/h5-19,23,25-26,30,34H,20-22,24H2,1-4H3,(H,38,41)/t30-,34?/m0/s1. The lowest BCUT2D eigenvalue weighted by Crippen LogP contribution is -2.57. The van der Waals surface area contributed by atoms with Crippen LogP contribution in [0.4, 0.5) is 0 Å². The fourth-order valence-corrected chi connectivity index (χ4v) is 5.40. The number of aryl methyl sites for hydroxylation is 1. The van der Waals surface area contributed by atoms with Gasteiger partial charge in [-0.25, -0.2) is 4.79 Å². The molecule has 2 atom stereocenters. The zero-order valence-corrected chi connectivity index (χ0v) is 26.7. The maximum atomic E-state index is 14.2. The minimum Gasteiger partial charge on any atom is -0.457 e. The summed E-state index contributed by atoms with van der Waals surface area (Å²) in [5.41, 5.74) is 2.78. The first-order valence-corrected chi connectivity index (χ1v) is 15.6. The van der Waals surface area contributed by atoms with Crippen molar-refractivity contribution in [1.82, 2.24) is 15.1 Å². The Labute approximate surface area is 270 Å². The maximum absolute atomic E-state index is 14.2. The molecule has 46 heavy (non-hydrogen) atoms. The number of nitrogens with one attached hydrogen (secondary N) is 1. The molecule has 1 N–H and O–H groups in total. The highest BCUT2D eigenvalue weighted by atomic mass is 16.5. The first-order chi connectivity index (χ1) is 22.0. The molecule has 0 bridgehead atoms. The molecule has 0 aliphatic carbocycles. The van der Waals surface area contributed by atoms with Gasteiger partial charge in [0.2, 0.25) is 11.8 Å². The predicted octanol–water partition coefficient (Wildman–Crippen LogP) is 4.56. The lowest BCUT2D eigenvalue weighted by molar-refractivity contribution is -0.157. The van der Waals surface area contributed by atoms with E-state index >= 15 is 0 Å². The number of amides is 3. The van der Waals surface area contributed by atoms with E-state index in [9.17, 15) is 24.0 Å². The zero-order valence-electron chi connectivity index (χ0n) is 26.7. The number of rotatable bonds is 13. The van der Waals surface area contributed by atoms with Gasteiger partial charge in [-0.05, 0) is 42.9 Å². The van der Waals surface area contributed by atoms with E-state index in [4.69, 9.17) is 4.74 Å². The summed E-state index contributed by atoms with van der Waals surface area (Å²) >= 11 is 0. The monoisotopic (exact) mass is 623 g/mol. The largest absolute Gasteiger partial charge is 0.457 e. The summed E-state index contributed by atoms with van der Waals surface area (Å²) in [6.07, 6.45) is 1.92. The van der Waals surface area contributed by atoms with Crippen molar-refractivity contribution in [2.45, 2.75) is 65.1 Å². The number of hydrogen-bond donors (Lipinski definition) is 1. The predicted molar refractivity (Wildman–Crippen MR) is 175 cm³/mol. The molecule has 1 aliphatic rings. The van der Waals surface area contributed by atoms with Crippen LogP contribution in [0.25, 0.3) is 5.70 Å². The molecule has 9 heteroatoms. The van der Waals surface area contributed by atoms with E-state index in [-0.39, 0.29) is 24.7 Å². The summed E-state index contributed by atoms with van der Waals surface area (Å²) in [6.45, 7) is 6.56. The molecule has 0 aromatic heterocycles. The summed E-state index contributed by atoms with van der Waals surface area (Å²) in [7, 11) is 0.